The van der Waals surface area contributed by atoms with Crippen LogP contribution < -0.4 is 14.9 Å². The largest absolute Gasteiger partial charge is 0.378 e. The van der Waals surface area contributed by atoms with Gasteiger partial charge in [0.1, 0.15) is 5.82 Å². The third-order valence-corrected chi connectivity index (χ3v) is 5.70. The molecule has 0 saturated carbocycles. The zero-order valence-electron chi connectivity index (χ0n) is 16.3. The fourth-order valence-electron chi connectivity index (χ4n) is 3.04. The molecule has 2 N–H and O–H groups in total. The van der Waals surface area contributed by atoms with Gasteiger partial charge in [0.25, 0.3) is 0 Å². The summed E-state index contributed by atoms with van der Waals surface area (Å²) < 4.78 is 32.5. The zero-order valence-corrected chi connectivity index (χ0v) is 17.1. The molecule has 0 amide bonds. The molecule has 0 atom stereocenters. The quantitative estimate of drug-likeness (QED) is 0.642. The van der Waals surface area contributed by atoms with Gasteiger partial charge in [0, 0.05) is 37.9 Å². The van der Waals surface area contributed by atoms with Crippen molar-refractivity contribution in [3.63, 3.8) is 0 Å². The SMILES string of the molecule is Cc1cccc(CS(=O)(=O)NCCNc2nc(C)cc(N3CCOCC3)n2)c1. The topological polar surface area (TPSA) is 96.5 Å². The van der Waals surface area contributed by atoms with Gasteiger partial charge in [-0.3, -0.25) is 0 Å². The van der Waals surface area contributed by atoms with Gasteiger partial charge in [0.2, 0.25) is 16.0 Å². The van der Waals surface area contributed by atoms with Crippen molar-refractivity contribution in [3.05, 3.63) is 47.2 Å². The lowest BCUT2D eigenvalue weighted by Crippen LogP contribution is -2.37. The van der Waals surface area contributed by atoms with Crippen LogP contribution in [0.25, 0.3) is 0 Å². The molecular weight excluding hydrogens is 378 g/mol. The summed E-state index contributed by atoms with van der Waals surface area (Å²) >= 11 is 0. The molecular formula is C19H27N5O3S. The Morgan fingerprint density at radius 2 is 1.89 bits per heavy atom. The third kappa shape index (κ3) is 6.15. The molecule has 1 aliphatic heterocycles. The van der Waals surface area contributed by atoms with Crippen LogP contribution in [0.5, 0.6) is 0 Å². The Labute approximate surface area is 166 Å². The van der Waals surface area contributed by atoms with E-state index in [1.54, 1.807) is 0 Å². The number of benzene rings is 1. The van der Waals surface area contributed by atoms with Crippen LogP contribution in [0.3, 0.4) is 0 Å². The van der Waals surface area contributed by atoms with Crippen LogP contribution in [0.15, 0.2) is 30.3 Å². The average molecular weight is 406 g/mol. The van der Waals surface area contributed by atoms with Gasteiger partial charge in [-0.05, 0) is 19.4 Å². The molecule has 1 aromatic heterocycles. The van der Waals surface area contributed by atoms with Crippen LogP contribution in [-0.2, 0) is 20.5 Å². The molecule has 3 rings (SSSR count). The van der Waals surface area contributed by atoms with Crippen LogP contribution in [-0.4, -0.2) is 57.8 Å². The van der Waals surface area contributed by atoms with Crippen LogP contribution in [0, 0.1) is 13.8 Å². The molecule has 0 bridgehead atoms. The first-order valence-corrected chi connectivity index (χ1v) is 11.0. The molecule has 28 heavy (non-hydrogen) atoms. The van der Waals surface area contributed by atoms with Gasteiger partial charge in [-0.25, -0.2) is 18.1 Å². The summed E-state index contributed by atoms with van der Waals surface area (Å²) in [4.78, 5) is 11.1. The molecule has 1 fully saturated rings. The van der Waals surface area contributed by atoms with Crippen molar-refractivity contribution in [2.75, 3.05) is 49.6 Å². The highest BCUT2D eigenvalue weighted by atomic mass is 32.2. The highest BCUT2D eigenvalue weighted by molar-refractivity contribution is 7.88. The monoisotopic (exact) mass is 405 g/mol. The van der Waals surface area contributed by atoms with Gasteiger partial charge in [0.15, 0.2) is 0 Å². The highest BCUT2D eigenvalue weighted by Gasteiger charge is 2.14. The van der Waals surface area contributed by atoms with Gasteiger partial charge in [-0.15, -0.1) is 0 Å². The number of nitrogens with one attached hydrogen (secondary N) is 2. The van der Waals surface area contributed by atoms with Gasteiger partial charge in [-0.2, -0.15) is 4.98 Å². The minimum Gasteiger partial charge on any atom is -0.378 e. The molecule has 9 heteroatoms. The number of rotatable bonds is 8. The van der Waals surface area contributed by atoms with Gasteiger partial charge < -0.3 is 15.0 Å². The van der Waals surface area contributed by atoms with Gasteiger partial charge in [-0.1, -0.05) is 29.8 Å². The molecule has 0 spiro atoms. The summed E-state index contributed by atoms with van der Waals surface area (Å²) in [6.45, 7) is 7.51. The van der Waals surface area contributed by atoms with Crippen molar-refractivity contribution < 1.29 is 13.2 Å². The second-order valence-electron chi connectivity index (χ2n) is 6.86. The molecule has 0 radical (unpaired) electrons. The van der Waals surface area contributed by atoms with Crippen molar-refractivity contribution in [1.82, 2.24) is 14.7 Å². The van der Waals surface area contributed by atoms with E-state index < -0.39 is 10.0 Å². The van der Waals surface area contributed by atoms with Crippen molar-refractivity contribution >= 4 is 21.8 Å². The fourth-order valence-corrected chi connectivity index (χ4v) is 4.17. The summed E-state index contributed by atoms with van der Waals surface area (Å²) in [5.41, 5.74) is 2.68. The maximum absolute atomic E-state index is 12.2. The number of sulfonamides is 1. The first-order valence-electron chi connectivity index (χ1n) is 9.36. The van der Waals surface area contributed by atoms with E-state index in [4.69, 9.17) is 4.74 Å². The van der Waals surface area contributed by atoms with E-state index in [1.807, 2.05) is 44.2 Å². The predicted octanol–water partition coefficient (Wildman–Crippen LogP) is 1.46. The third-order valence-electron chi connectivity index (χ3n) is 4.35. The van der Waals surface area contributed by atoms with Gasteiger partial charge >= 0.3 is 0 Å². The lowest BCUT2D eigenvalue weighted by atomic mass is 10.2. The van der Waals surface area contributed by atoms with Crippen LogP contribution in [0.2, 0.25) is 0 Å². The number of hydrogen-bond donors (Lipinski definition) is 2. The molecule has 0 aliphatic carbocycles. The average Bonchev–Trinajstić information content (AvgIpc) is 2.65. The van der Waals surface area contributed by atoms with Crippen LogP contribution >= 0.6 is 0 Å². The number of morpholine rings is 1. The first-order chi connectivity index (χ1) is 13.4. The standard InChI is InChI=1S/C19H27N5O3S/c1-15-4-3-5-17(12-15)14-28(25,26)21-7-6-20-19-22-16(2)13-18(23-19)24-8-10-27-11-9-24/h3-5,12-13,21H,6-11,14H2,1-2H3,(H,20,22,23). The number of hydrogen-bond acceptors (Lipinski definition) is 7. The Kier molecular flexibility index (Phi) is 6.82. The first kappa shape index (κ1) is 20.5. The molecule has 2 heterocycles. The smallest absolute Gasteiger partial charge is 0.224 e. The van der Waals surface area contributed by atoms with Crippen LogP contribution in [0.1, 0.15) is 16.8 Å². The second kappa shape index (κ2) is 9.31. The minimum atomic E-state index is -3.39. The second-order valence-corrected chi connectivity index (χ2v) is 8.67. The molecule has 152 valence electrons. The number of ether oxygens (including phenoxy) is 1. The summed E-state index contributed by atoms with van der Waals surface area (Å²) in [5, 5.41) is 3.10. The number of anilines is 2. The van der Waals surface area contributed by atoms with Crippen molar-refractivity contribution in [2.24, 2.45) is 0 Å². The number of aryl methyl sites for hydroxylation is 2. The molecule has 1 aliphatic rings. The van der Waals surface area contributed by atoms with E-state index in [0.717, 1.165) is 35.7 Å². The van der Waals surface area contributed by atoms with Crippen molar-refractivity contribution in [1.29, 1.82) is 0 Å². The Bertz CT molecular complexity index is 898. The zero-order chi connectivity index (χ0) is 20.0. The molecule has 2 aromatic rings. The maximum atomic E-state index is 12.2. The molecule has 8 nitrogen and oxygen atoms in total. The predicted molar refractivity (Wildman–Crippen MR) is 110 cm³/mol. The maximum Gasteiger partial charge on any atom is 0.224 e. The number of nitrogens with zero attached hydrogens (tertiary/aromatic N) is 3. The Hall–Kier alpha value is -2.23. The normalized spacial score (nSPS) is 14.9. The van der Waals surface area contributed by atoms with E-state index in [0.29, 0.717) is 25.7 Å². The van der Waals surface area contributed by atoms with E-state index >= 15 is 0 Å². The van der Waals surface area contributed by atoms with Crippen LogP contribution in [0.4, 0.5) is 11.8 Å². The number of aromatic nitrogens is 2. The summed E-state index contributed by atoms with van der Waals surface area (Å²) in [5.74, 6) is 1.33. The summed E-state index contributed by atoms with van der Waals surface area (Å²) in [7, 11) is -3.39. The molecule has 1 aromatic carbocycles. The van der Waals surface area contributed by atoms with E-state index in [2.05, 4.69) is 24.9 Å². The van der Waals surface area contributed by atoms with Crippen molar-refractivity contribution in [3.8, 4) is 0 Å². The highest BCUT2D eigenvalue weighted by Crippen LogP contribution is 2.16. The molecule has 0 unspecified atom stereocenters. The lowest BCUT2D eigenvalue weighted by molar-refractivity contribution is 0.122. The van der Waals surface area contributed by atoms with Crippen molar-refractivity contribution in [2.45, 2.75) is 19.6 Å². The minimum absolute atomic E-state index is 0.0309. The lowest BCUT2D eigenvalue weighted by Gasteiger charge is -2.28. The Morgan fingerprint density at radius 1 is 1.11 bits per heavy atom. The summed E-state index contributed by atoms with van der Waals surface area (Å²) in [6.07, 6.45) is 0. The fraction of sp³-hybridized carbons (Fsp3) is 0.474. The Balaban J connectivity index is 1.51. The van der Waals surface area contributed by atoms with E-state index in [9.17, 15) is 8.42 Å². The van der Waals surface area contributed by atoms with Gasteiger partial charge in [0.05, 0.1) is 19.0 Å². The summed E-state index contributed by atoms with van der Waals surface area (Å²) in [6, 6.07) is 9.45. The van der Waals surface area contributed by atoms with E-state index in [-0.39, 0.29) is 12.3 Å². The Morgan fingerprint density at radius 3 is 2.64 bits per heavy atom. The molecule has 1 saturated heterocycles. The van der Waals surface area contributed by atoms with E-state index in [1.165, 1.54) is 0 Å².